The molecule has 38 heavy (non-hydrogen) atoms. The van der Waals surface area contributed by atoms with Crippen molar-refractivity contribution in [3.63, 3.8) is 0 Å². The van der Waals surface area contributed by atoms with Gasteiger partial charge in [-0.2, -0.15) is 0 Å². The number of carbonyl (C=O) groups is 1. The minimum atomic E-state index is -3.83. The van der Waals surface area contributed by atoms with E-state index in [1.165, 1.54) is 26.5 Å². The third-order valence-electron chi connectivity index (χ3n) is 7.13. The molecule has 6 rings (SSSR count). The van der Waals surface area contributed by atoms with Crippen LogP contribution in [0, 0.1) is 18.8 Å². The Hall–Kier alpha value is -2.75. The number of anilines is 2. The Labute approximate surface area is 230 Å². The van der Waals surface area contributed by atoms with Gasteiger partial charge in [0.1, 0.15) is 16.9 Å². The van der Waals surface area contributed by atoms with Gasteiger partial charge in [0.2, 0.25) is 0 Å². The molecule has 3 fully saturated rings. The Morgan fingerprint density at radius 1 is 1.05 bits per heavy atom. The molecule has 1 aliphatic heterocycles. The lowest BCUT2D eigenvalue weighted by molar-refractivity contribution is -0.108. The summed E-state index contributed by atoms with van der Waals surface area (Å²) in [6.45, 7) is 6.86. The average Bonchev–Trinajstić information content (AvgIpc) is 3.83. The van der Waals surface area contributed by atoms with Crippen molar-refractivity contribution in [1.82, 2.24) is 4.90 Å². The number of fused-ring (bicyclic) bond motifs is 1. The molecule has 3 aromatic rings. The van der Waals surface area contributed by atoms with Crippen molar-refractivity contribution in [3.8, 4) is 5.75 Å². The summed E-state index contributed by atoms with van der Waals surface area (Å²) in [6.07, 6.45) is 7.69. The Kier molecular flexibility index (Phi) is 8.90. The number of nitrogens with one attached hydrogen (secondary N) is 1. The summed E-state index contributed by atoms with van der Waals surface area (Å²) >= 11 is 0. The first-order valence-electron chi connectivity index (χ1n) is 13.0. The number of aryl methyl sites for hydroxylation is 1. The number of aldehydes is 1. The average molecular weight is 562 g/mol. The second kappa shape index (κ2) is 12.0. The van der Waals surface area contributed by atoms with E-state index in [1.807, 2.05) is 31.2 Å². The maximum absolute atomic E-state index is 13.2. The van der Waals surface area contributed by atoms with E-state index in [-0.39, 0.29) is 17.3 Å². The minimum Gasteiger partial charge on any atom is -0.495 e. The van der Waals surface area contributed by atoms with E-state index in [0.717, 1.165) is 73.4 Å². The highest BCUT2D eigenvalue weighted by atomic mass is 35.5. The van der Waals surface area contributed by atoms with Crippen molar-refractivity contribution in [2.45, 2.75) is 37.5 Å². The van der Waals surface area contributed by atoms with Gasteiger partial charge in [-0.3, -0.25) is 9.62 Å². The lowest BCUT2D eigenvalue weighted by Gasteiger charge is -2.36. The van der Waals surface area contributed by atoms with Crippen molar-refractivity contribution >= 4 is 51.1 Å². The Morgan fingerprint density at radius 3 is 2.39 bits per heavy atom. The van der Waals surface area contributed by atoms with Gasteiger partial charge >= 0.3 is 0 Å². The first-order valence-corrected chi connectivity index (χ1v) is 14.5. The summed E-state index contributed by atoms with van der Waals surface area (Å²) in [5, 5.41) is 0.872. The number of carbonyl (C=O) groups excluding carboxylic acids is 1. The molecular formula is C28H36ClN3O5S. The number of halogens is 1. The van der Waals surface area contributed by atoms with Gasteiger partial charge in [0, 0.05) is 44.0 Å². The predicted molar refractivity (Wildman–Crippen MR) is 152 cm³/mol. The van der Waals surface area contributed by atoms with Crippen LogP contribution in [0.4, 0.5) is 11.4 Å². The van der Waals surface area contributed by atoms with Crippen LogP contribution in [0.3, 0.4) is 0 Å². The SMILES string of the molecule is COc1ccc(C)cc1S(=O)(=O)Nc1cc(N2CCN(CC3CC3)CC2)c2occc2c1.Cl.O=CC1CC1. The molecule has 206 valence electrons. The highest BCUT2D eigenvalue weighted by Gasteiger charge is 2.28. The molecule has 2 heterocycles. The fraction of sp³-hybridized carbons (Fsp3) is 0.464. The number of sulfonamides is 1. The number of nitrogens with zero attached hydrogens (tertiary/aromatic N) is 2. The molecule has 0 amide bonds. The molecule has 1 saturated heterocycles. The second-order valence-electron chi connectivity index (χ2n) is 10.3. The van der Waals surface area contributed by atoms with Gasteiger partial charge in [-0.05, 0) is 74.4 Å². The zero-order valence-corrected chi connectivity index (χ0v) is 23.5. The minimum absolute atomic E-state index is 0. The zero-order valence-electron chi connectivity index (χ0n) is 21.9. The van der Waals surface area contributed by atoms with E-state index in [0.29, 0.717) is 17.4 Å². The zero-order chi connectivity index (χ0) is 26.0. The number of methoxy groups -OCH3 is 1. The van der Waals surface area contributed by atoms with E-state index < -0.39 is 10.0 Å². The molecule has 0 unspecified atom stereocenters. The standard InChI is InChI=1S/C24H29N3O4S.C4H6O.ClH/c1-17-3-6-22(30-2)23(13-17)32(28,29)25-20-14-19-7-12-31-24(19)21(15-20)27-10-8-26(9-11-27)16-18-4-5-18;5-3-4-1-2-4;/h3,6-7,12-15,18,25H,4-5,8-11,16H2,1-2H3;3-4H,1-2H2;1H. The monoisotopic (exact) mass is 561 g/mol. The van der Waals surface area contributed by atoms with Crippen LogP contribution in [0.5, 0.6) is 5.75 Å². The number of ether oxygens (including phenoxy) is 1. The fourth-order valence-corrected chi connectivity index (χ4v) is 5.93. The first kappa shape index (κ1) is 28.3. The number of rotatable bonds is 8. The largest absolute Gasteiger partial charge is 0.495 e. The van der Waals surface area contributed by atoms with Gasteiger partial charge in [0.15, 0.2) is 5.58 Å². The second-order valence-corrected chi connectivity index (χ2v) is 11.9. The van der Waals surface area contributed by atoms with Crippen molar-refractivity contribution in [3.05, 3.63) is 48.2 Å². The molecule has 0 bridgehead atoms. The number of hydrogen-bond acceptors (Lipinski definition) is 7. The fourth-order valence-electron chi connectivity index (χ4n) is 4.63. The van der Waals surface area contributed by atoms with Crippen LogP contribution in [0.1, 0.15) is 31.2 Å². The van der Waals surface area contributed by atoms with Crippen LogP contribution in [0.2, 0.25) is 0 Å². The van der Waals surface area contributed by atoms with Gasteiger partial charge in [0.05, 0.1) is 24.7 Å². The molecule has 0 spiro atoms. The third kappa shape index (κ3) is 6.81. The summed E-state index contributed by atoms with van der Waals surface area (Å²) < 4.78 is 40.2. The van der Waals surface area contributed by atoms with E-state index in [2.05, 4.69) is 14.5 Å². The normalized spacial score (nSPS) is 17.8. The molecule has 0 radical (unpaired) electrons. The van der Waals surface area contributed by atoms with Crippen LogP contribution < -0.4 is 14.4 Å². The lowest BCUT2D eigenvalue weighted by atomic mass is 10.1. The van der Waals surface area contributed by atoms with E-state index >= 15 is 0 Å². The molecule has 10 heteroatoms. The van der Waals surface area contributed by atoms with Gasteiger partial charge in [-0.25, -0.2) is 8.42 Å². The molecule has 0 atom stereocenters. The molecule has 8 nitrogen and oxygen atoms in total. The van der Waals surface area contributed by atoms with Crippen LogP contribution in [0.25, 0.3) is 11.0 Å². The Balaban J connectivity index is 0.000000504. The summed E-state index contributed by atoms with van der Waals surface area (Å²) in [5.74, 6) is 1.66. The molecule has 3 aliphatic rings. The van der Waals surface area contributed by atoms with Crippen molar-refractivity contribution in [2.24, 2.45) is 11.8 Å². The molecule has 2 aromatic carbocycles. The van der Waals surface area contributed by atoms with Gasteiger partial charge in [0.25, 0.3) is 10.0 Å². The van der Waals surface area contributed by atoms with Gasteiger partial charge in [-0.1, -0.05) is 6.07 Å². The van der Waals surface area contributed by atoms with Crippen molar-refractivity contribution < 1.29 is 22.4 Å². The molecular weight excluding hydrogens is 526 g/mol. The maximum atomic E-state index is 13.2. The lowest BCUT2D eigenvalue weighted by Crippen LogP contribution is -2.47. The van der Waals surface area contributed by atoms with Crippen molar-refractivity contribution in [2.75, 3.05) is 49.5 Å². The highest BCUT2D eigenvalue weighted by molar-refractivity contribution is 7.92. The van der Waals surface area contributed by atoms with Crippen molar-refractivity contribution in [1.29, 1.82) is 0 Å². The van der Waals surface area contributed by atoms with Crippen LogP contribution in [0.15, 0.2) is 52.0 Å². The summed E-state index contributed by atoms with van der Waals surface area (Å²) in [5.41, 5.74) is 3.07. The maximum Gasteiger partial charge on any atom is 0.265 e. The smallest absolute Gasteiger partial charge is 0.265 e. The third-order valence-corrected chi connectivity index (χ3v) is 8.54. The highest BCUT2D eigenvalue weighted by Crippen LogP contribution is 2.35. The summed E-state index contributed by atoms with van der Waals surface area (Å²) in [6, 6.07) is 10.7. The van der Waals surface area contributed by atoms with Gasteiger partial charge < -0.3 is 18.8 Å². The summed E-state index contributed by atoms with van der Waals surface area (Å²) in [4.78, 5) is 14.5. The number of furan rings is 1. The predicted octanol–water partition coefficient (Wildman–Crippen LogP) is 5.10. The van der Waals surface area contributed by atoms with Gasteiger partial charge in [-0.15, -0.1) is 12.4 Å². The molecule has 2 aliphatic carbocycles. The Bertz CT molecular complexity index is 1360. The molecule has 1 N–H and O–H groups in total. The summed E-state index contributed by atoms with van der Waals surface area (Å²) in [7, 11) is -2.35. The topological polar surface area (TPSA) is 92.1 Å². The quantitative estimate of drug-likeness (QED) is 0.382. The molecule has 1 aromatic heterocycles. The van der Waals surface area contributed by atoms with E-state index in [4.69, 9.17) is 9.15 Å². The number of hydrogen-bond donors (Lipinski definition) is 1. The van der Waals surface area contributed by atoms with Crippen LogP contribution in [-0.4, -0.2) is 59.4 Å². The number of piperazine rings is 1. The van der Waals surface area contributed by atoms with Crippen LogP contribution in [-0.2, 0) is 14.8 Å². The van der Waals surface area contributed by atoms with E-state index in [9.17, 15) is 13.2 Å². The molecule has 2 saturated carbocycles. The Morgan fingerprint density at radius 2 is 1.79 bits per heavy atom. The van der Waals surface area contributed by atoms with Crippen LogP contribution >= 0.6 is 12.4 Å². The first-order chi connectivity index (χ1) is 17.9. The number of benzene rings is 2. The van der Waals surface area contributed by atoms with E-state index in [1.54, 1.807) is 18.4 Å².